The Kier molecular flexibility index (Phi) is 8.13. The van der Waals surface area contributed by atoms with E-state index in [1.54, 1.807) is 0 Å². The molecule has 0 aliphatic carbocycles. The first-order chi connectivity index (χ1) is 12.5. The van der Waals surface area contributed by atoms with Crippen molar-refractivity contribution in [2.75, 3.05) is 13.2 Å². The zero-order chi connectivity index (χ0) is 20.8. The Morgan fingerprint density at radius 2 is 1.44 bits per heavy atom. The number of aliphatic hydroxyl groups is 1. The maximum Gasteiger partial charge on any atom is 0.303 e. The first kappa shape index (κ1) is 22.8. The van der Waals surface area contributed by atoms with Crippen LogP contribution >= 0.6 is 0 Å². The van der Waals surface area contributed by atoms with Gasteiger partial charge in [0, 0.05) is 34.1 Å². The molecule has 3 N–H and O–H groups in total. The number of rotatable bonds is 7. The minimum absolute atomic E-state index is 0.0699. The summed E-state index contributed by atoms with van der Waals surface area (Å²) in [5.41, 5.74) is 5.51. The van der Waals surface area contributed by atoms with Crippen molar-refractivity contribution in [2.24, 2.45) is 5.73 Å². The lowest BCUT2D eigenvalue weighted by atomic mass is 9.90. The van der Waals surface area contributed by atoms with Crippen LogP contribution < -0.4 is 5.73 Å². The number of carbonyl (C=O) groups excluding carboxylic acids is 4. The minimum Gasteiger partial charge on any atom is -0.463 e. The second kappa shape index (κ2) is 9.62. The molecule has 1 fully saturated rings. The quantitative estimate of drug-likeness (QED) is 0.395. The van der Waals surface area contributed by atoms with E-state index in [0.717, 1.165) is 27.7 Å². The maximum absolute atomic E-state index is 11.6. The van der Waals surface area contributed by atoms with Crippen LogP contribution in [0.5, 0.6) is 0 Å². The molecule has 1 saturated heterocycles. The molecular weight excluding hydrogens is 366 g/mol. The second-order valence-electron chi connectivity index (χ2n) is 6.02. The van der Waals surface area contributed by atoms with Gasteiger partial charge in [0.2, 0.25) is 5.79 Å². The summed E-state index contributed by atoms with van der Waals surface area (Å²) < 4.78 is 25.9. The summed E-state index contributed by atoms with van der Waals surface area (Å²) in [6, 6.07) is 0. The fourth-order valence-corrected chi connectivity index (χ4v) is 2.77. The molecule has 0 aromatic carbocycles. The van der Waals surface area contributed by atoms with Crippen molar-refractivity contribution in [3.63, 3.8) is 0 Å². The number of hydrogen-bond donors (Lipinski definition) is 2. The van der Waals surface area contributed by atoms with Gasteiger partial charge in [-0.2, -0.15) is 0 Å². The highest BCUT2D eigenvalue weighted by Crippen LogP contribution is 2.36. The highest BCUT2D eigenvalue weighted by atomic mass is 16.7. The van der Waals surface area contributed by atoms with Gasteiger partial charge in [-0.3, -0.25) is 19.2 Å². The summed E-state index contributed by atoms with van der Waals surface area (Å²) in [5, 5.41) is 10.9. The Morgan fingerprint density at radius 1 is 0.926 bits per heavy atom. The van der Waals surface area contributed by atoms with Gasteiger partial charge in [0.15, 0.2) is 18.3 Å². The SMILES string of the molecule is CC(=O)OC[C@H]1O[C@@](O)(CCN)[C@@H](OC(C)=O)[C@@H](OC(C)=O)[C@@H]1OC(C)=O. The van der Waals surface area contributed by atoms with Crippen LogP contribution in [0.1, 0.15) is 34.1 Å². The molecule has 0 radical (unpaired) electrons. The molecule has 0 aromatic heterocycles. The third-order valence-corrected chi connectivity index (χ3v) is 3.64. The van der Waals surface area contributed by atoms with Crippen LogP contribution in [0.4, 0.5) is 0 Å². The number of carbonyl (C=O) groups is 4. The molecule has 5 atom stereocenters. The average molecular weight is 391 g/mol. The van der Waals surface area contributed by atoms with E-state index < -0.39 is 60.7 Å². The summed E-state index contributed by atoms with van der Waals surface area (Å²) >= 11 is 0. The Morgan fingerprint density at radius 3 is 1.89 bits per heavy atom. The van der Waals surface area contributed by atoms with Crippen molar-refractivity contribution in [3.8, 4) is 0 Å². The molecule has 0 unspecified atom stereocenters. The maximum atomic E-state index is 11.6. The largest absolute Gasteiger partial charge is 0.463 e. The summed E-state index contributed by atoms with van der Waals surface area (Å²) in [5.74, 6) is -5.14. The van der Waals surface area contributed by atoms with Gasteiger partial charge in [-0.1, -0.05) is 0 Å². The monoisotopic (exact) mass is 391 g/mol. The smallest absolute Gasteiger partial charge is 0.303 e. The van der Waals surface area contributed by atoms with Gasteiger partial charge in [-0.25, -0.2) is 0 Å². The molecule has 11 nitrogen and oxygen atoms in total. The first-order valence-corrected chi connectivity index (χ1v) is 8.25. The number of hydrogen-bond acceptors (Lipinski definition) is 11. The third kappa shape index (κ3) is 6.45. The number of esters is 4. The van der Waals surface area contributed by atoms with Crippen molar-refractivity contribution in [2.45, 2.75) is 64.3 Å². The molecule has 1 aliphatic rings. The van der Waals surface area contributed by atoms with E-state index in [4.69, 9.17) is 29.4 Å². The zero-order valence-electron chi connectivity index (χ0n) is 15.6. The Hall–Kier alpha value is -2.24. The third-order valence-electron chi connectivity index (χ3n) is 3.64. The van der Waals surface area contributed by atoms with E-state index in [-0.39, 0.29) is 13.0 Å². The van der Waals surface area contributed by atoms with Crippen LogP contribution in [0.15, 0.2) is 0 Å². The molecule has 0 amide bonds. The lowest BCUT2D eigenvalue weighted by Gasteiger charge is -2.48. The van der Waals surface area contributed by atoms with Crippen molar-refractivity contribution in [3.05, 3.63) is 0 Å². The van der Waals surface area contributed by atoms with E-state index in [1.807, 2.05) is 0 Å². The van der Waals surface area contributed by atoms with Gasteiger partial charge in [0.1, 0.15) is 12.7 Å². The average Bonchev–Trinajstić information content (AvgIpc) is 2.51. The molecular formula is C16H25NO10. The lowest BCUT2D eigenvalue weighted by molar-refractivity contribution is -0.352. The van der Waals surface area contributed by atoms with Crippen LogP contribution in [0, 0.1) is 0 Å². The standard InChI is InChI=1S/C16H25NO10/c1-8(18)23-7-12-13(24-9(2)19)14(25-10(3)20)15(26-11(4)21)16(22,27-12)5-6-17/h12-15,22H,5-7,17H2,1-4H3/t12-,13-,14+,15+,16+/m1/s1. The topological polar surface area (TPSA) is 161 Å². The van der Waals surface area contributed by atoms with E-state index in [0.29, 0.717) is 0 Å². The first-order valence-electron chi connectivity index (χ1n) is 8.25. The zero-order valence-corrected chi connectivity index (χ0v) is 15.6. The van der Waals surface area contributed by atoms with Crippen LogP contribution in [0.2, 0.25) is 0 Å². The predicted molar refractivity (Wildman–Crippen MR) is 86.8 cm³/mol. The Labute approximate surface area is 156 Å². The van der Waals surface area contributed by atoms with E-state index in [2.05, 4.69) is 0 Å². The van der Waals surface area contributed by atoms with Gasteiger partial charge in [-0.05, 0) is 6.54 Å². The highest BCUT2D eigenvalue weighted by molar-refractivity contribution is 5.68. The van der Waals surface area contributed by atoms with Crippen molar-refractivity contribution >= 4 is 23.9 Å². The van der Waals surface area contributed by atoms with E-state index in [1.165, 1.54) is 0 Å². The summed E-state index contributed by atoms with van der Waals surface area (Å²) in [4.78, 5) is 45.8. The normalized spacial score (nSPS) is 30.1. The van der Waals surface area contributed by atoms with Crippen LogP contribution in [-0.4, -0.2) is 72.3 Å². The lowest BCUT2D eigenvalue weighted by Crippen LogP contribution is -2.68. The Balaban J connectivity index is 3.36. The highest BCUT2D eigenvalue weighted by Gasteiger charge is 2.59. The van der Waals surface area contributed by atoms with Gasteiger partial charge in [0.25, 0.3) is 0 Å². The second-order valence-corrected chi connectivity index (χ2v) is 6.02. The molecule has 0 aromatic rings. The molecule has 154 valence electrons. The molecule has 11 heteroatoms. The van der Waals surface area contributed by atoms with Crippen molar-refractivity contribution in [1.82, 2.24) is 0 Å². The van der Waals surface area contributed by atoms with Gasteiger partial charge in [-0.15, -0.1) is 0 Å². The van der Waals surface area contributed by atoms with Crippen LogP contribution in [0.3, 0.4) is 0 Å². The molecule has 27 heavy (non-hydrogen) atoms. The molecule has 0 saturated carbocycles. The molecule has 1 aliphatic heterocycles. The molecule has 0 spiro atoms. The van der Waals surface area contributed by atoms with Gasteiger partial charge < -0.3 is 34.5 Å². The minimum atomic E-state index is -2.16. The number of ether oxygens (including phenoxy) is 5. The van der Waals surface area contributed by atoms with Gasteiger partial charge >= 0.3 is 23.9 Å². The summed E-state index contributed by atoms with van der Waals surface area (Å²) in [7, 11) is 0. The van der Waals surface area contributed by atoms with Crippen molar-refractivity contribution in [1.29, 1.82) is 0 Å². The summed E-state index contributed by atoms with van der Waals surface area (Å²) in [6.07, 6.45) is -5.66. The Bertz CT molecular complexity index is 580. The fourth-order valence-electron chi connectivity index (χ4n) is 2.77. The van der Waals surface area contributed by atoms with Crippen LogP contribution in [0.25, 0.3) is 0 Å². The van der Waals surface area contributed by atoms with E-state index >= 15 is 0 Å². The summed E-state index contributed by atoms with van der Waals surface area (Å²) in [6.45, 7) is 3.95. The number of nitrogens with two attached hydrogens (primary N) is 1. The predicted octanol–water partition coefficient (Wildman–Crippen LogP) is -1.22. The van der Waals surface area contributed by atoms with Crippen molar-refractivity contribution < 1.29 is 48.0 Å². The molecule has 1 rings (SSSR count). The van der Waals surface area contributed by atoms with E-state index in [9.17, 15) is 24.3 Å². The molecule has 1 heterocycles. The van der Waals surface area contributed by atoms with Crippen LogP contribution in [-0.2, 0) is 42.9 Å². The van der Waals surface area contributed by atoms with Gasteiger partial charge in [0.05, 0.1) is 0 Å². The molecule has 0 bridgehead atoms. The fraction of sp³-hybridized carbons (Fsp3) is 0.750.